The highest BCUT2D eigenvalue weighted by atomic mass is 16.6. The van der Waals surface area contributed by atoms with Crippen LogP contribution in [0.15, 0.2) is 29.1 Å². The van der Waals surface area contributed by atoms with Crippen LogP contribution in [0.1, 0.15) is 11.3 Å². The number of nitro groups is 1. The maximum absolute atomic E-state index is 11.6. The highest BCUT2D eigenvalue weighted by Gasteiger charge is 2.16. The molecule has 1 aromatic carbocycles. The van der Waals surface area contributed by atoms with Crippen LogP contribution in [0.2, 0.25) is 0 Å². The number of hydrogen-bond acceptors (Lipinski definition) is 4. The number of aromatic nitrogens is 2. The van der Waals surface area contributed by atoms with Gasteiger partial charge in [-0.3, -0.25) is 14.9 Å². The first-order chi connectivity index (χ1) is 8.50. The van der Waals surface area contributed by atoms with E-state index in [9.17, 15) is 14.9 Å². The van der Waals surface area contributed by atoms with E-state index in [0.29, 0.717) is 16.8 Å². The molecular weight excluding hydrogens is 234 g/mol. The molecule has 0 aliphatic rings. The number of aryl methyl sites for hydroxylation is 1. The third kappa shape index (κ3) is 2.00. The van der Waals surface area contributed by atoms with Gasteiger partial charge in [0.15, 0.2) is 0 Å². The van der Waals surface area contributed by atoms with E-state index in [1.54, 1.807) is 32.0 Å². The number of nitrogens with zero attached hydrogens (tertiary/aromatic N) is 2. The molecule has 0 unspecified atom stereocenters. The Bertz CT molecular complexity index is 677. The Hall–Kier alpha value is -2.50. The number of benzene rings is 1. The first kappa shape index (κ1) is 12.0. The van der Waals surface area contributed by atoms with Gasteiger partial charge in [-0.2, -0.15) is 0 Å². The molecule has 18 heavy (non-hydrogen) atoms. The average Bonchev–Trinajstić information content (AvgIpc) is 2.35. The fourth-order valence-electron chi connectivity index (χ4n) is 1.61. The largest absolute Gasteiger partial charge is 0.306 e. The molecular formula is C12H11N3O3. The summed E-state index contributed by atoms with van der Waals surface area (Å²) in [5, 5.41) is 10.9. The Kier molecular flexibility index (Phi) is 2.93. The first-order valence-corrected chi connectivity index (χ1v) is 5.32. The predicted molar refractivity (Wildman–Crippen MR) is 66.4 cm³/mol. The molecule has 1 N–H and O–H groups in total. The van der Waals surface area contributed by atoms with Gasteiger partial charge >= 0.3 is 0 Å². The lowest BCUT2D eigenvalue weighted by Crippen LogP contribution is -2.14. The zero-order chi connectivity index (χ0) is 13.3. The van der Waals surface area contributed by atoms with Crippen molar-refractivity contribution in [2.24, 2.45) is 0 Å². The van der Waals surface area contributed by atoms with E-state index in [1.165, 1.54) is 6.07 Å². The molecule has 0 saturated carbocycles. The summed E-state index contributed by atoms with van der Waals surface area (Å²) in [5.41, 5.74) is 1.02. The number of para-hydroxylation sites is 1. The van der Waals surface area contributed by atoms with Crippen LogP contribution in [0, 0.1) is 24.0 Å². The topological polar surface area (TPSA) is 88.9 Å². The summed E-state index contributed by atoms with van der Waals surface area (Å²) >= 11 is 0. The summed E-state index contributed by atoms with van der Waals surface area (Å²) in [6, 6.07) is 6.17. The maximum Gasteiger partial charge on any atom is 0.280 e. The van der Waals surface area contributed by atoms with Crippen LogP contribution in [0.4, 0.5) is 5.69 Å². The van der Waals surface area contributed by atoms with Crippen molar-refractivity contribution in [3.8, 4) is 11.4 Å². The third-order valence-corrected chi connectivity index (χ3v) is 2.75. The van der Waals surface area contributed by atoms with Crippen molar-refractivity contribution in [2.45, 2.75) is 13.8 Å². The molecule has 1 aromatic heterocycles. The Morgan fingerprint density at radius 1 is 1.28 bits per heavy atom. The van der Waals surface area contributed by atoms with Crippen molar-refractivity contribution < 1.29 is 4.92 Å². The van der Waals surface area contributed by atoms with Crippen LogP contribution in [-0.4, -0.2) is 14.9 Å². The van der Waals surface area contributed by atoms with Crippen molar-refractivity contribution in [3.63, 3.8) is 0 Å². The molecule has 2 rings (SSSR count). The summed E-state index contributed by atoms with van der Waals surface area (Å²) in [6.07, 6.45) is 0. The van der Waals surface area contributed by atoms with E-state index >= 15 is 0 Å². The van der Waals surface area contributed by atoms with Gasteiger partial charge in [-0.15, -0.1) is 0 Å². The number of aromatic amines is 1. The highest BCUT2D eigenvalue weighted by Crippen LogP contribution is 2.26. The monoisotopic (exact) mass is 245 g/mol. The Morgan fingerprint density at radius 2 is 1.94 bits per heavy atom. The van der Waals surface area contributed by atoms with E-state index < -0.39 is 4.92 Å². The molecule has 92 valence electrons. The molecule has 0 fully saturated rings. The number of hydrogen-bond donors (Lipinski definition) is 1. The minimum Gasteiger partial charge on any atom is -0.306 e. The van der Waals surface area contributed by atoms with Crippen molar-refractivity contribution in [1.29, 1.82) is 0 Å². The van der Waals surface area contributed by atoms with Gasteiger partial charge in [-0.1, -0.05) is 12.1 Å². The standard InChI is InChI=1S/C12H11N3O3/c1-7-8(2)13-11(14-12(7)16)9-5-3-4-6-10(9)15(17)18/h3-6H,1-2H3,(H,13,14,16). The second-order valence-corrected chi connectivity index (χ2v) is 3.90. The molecule has 6 nitrogen and oxygen atoms in total. The molecule has 6 heteroatoms. The van der Waals surface area contributed by atoms with Crippen LogP contribution < -0.4 is 5.56 Å². The van der Waals surface area contributed by atoms with Crippen molar-refractivity contribution in [2.75, 3.05) is 0 Å². The molecule has 1 heterocycles. The minimum absolute atomic E-state index is 0.0797. The van der Waals surface area contributed by atoms with Gasteiger partial charge in [-0.05, 0) is 19.9 Å². The average molecular weight is 245 g/mol. The van der Waals surface area contributed by atoms with E-state index in [2.05, 4.69) is 9.97 Å². The number of nitrogens with one attached hydrogen (secondary N) is 1. The highest BCUT2D eigenvalue weighted by molar-refractivity contribution is 5.67. The fourth-order valence-corrected chi connectivity index (χ4v) is 1.61. The molecule has 0 atom stereocenters. The van der Waals surface area contributed by atoms with Gasteiger partial charge in [0.1, 0.15) is 5.82 Å². The van der Waals surface area contributed by atoms with Crippen molar-refractivity contribution in [3.05, 3.63) is 56.0 Å². The van der Waals surface area contributed by atoms with Gasteiger partial charge in [0, 0.05) is 17.3 Å². The first-order valence-electron chi connectivity index (χ1n) is 5.32. The minimum atomic E-state index is -0.496. The molecule has 2 aromatic rings. The number of nitro benzene ring substituents is 1. The quantitative estimate of drug-likeness (QED) is 0.647. The summed E-state index contributed by atoms with van der Waals surface area (Å²) in [6.45, 7) is 3.35. The summed E-state index contributed by atoms with van der Waals surface area (Å²) in [7, 11) is 0. The molecule has 0 radical (unpaired) electrons. The SMILES string of the molecule is Cc1nc(-c2ccccc2[N+](=O)[O-])[nH]c(=O)c1C. The lowest BCUT2D eigenvalue weighted by Gasteiger charge is -2.04. The maximum atomic E-state index is 11.6. The molecule has 0 bridgehead atoms. The van der Waals surface area contributed by atoms with Crippen LogP contribution in [-0.2, 0) is 0 Å². The molecule has 0 aliphatic carbocycles. The van der Waals surface area contributed by atoms with Crippen LogP contribution in [0.25, 0.3) is 11.4 Å². The van der Waals surface area contributed by atoms with Crippen molar-refractivity contribution >= 4 is 5.69 Å². The van der Waals surface area contributed by atoms with Gasteiger partial charge in [0.2, 0.25) is 0 Å². The second-order valence-electron chi connectivity index (χ2n) is 3.90. The van der Waals surface area contributed by atoms with E-state index in [1.807, 2.05) is 0 Å². The Morgan fingerprint density at radius 3 is 2.56 bits per heavy atom. The summed E-state index contributed by atoms with van der Waals surface area (Å²) in [5.74, 6) is 0.218. The fraction of sp³-hybridized carbons (Fsp3) is 0.167. The molecule has 0 amide bonds. The van der Waals surface area contributed by atoms with Gasteiger partial charge in [0.05, 0.1) is 10.5 Å². The van der Waals surface area contributed by atoms with Crippen LogP contribution in [0.3, 0.4) is 0 Å². The van der Waals surface area contributed by atoms with Crippen LogP contribution >= 0.6 is 0 Å². The zero-order valence-corrected chi connectivity index (χ0v) is 9.93. The number of H-pyrrole nitrogens is 1. The predicted octanol–water partition coefficient (Wildman–Crippen LogP) is 1.96. The van der Waals surface area contributed by atoms with E-state index in [4.69, 9.17) is 0 Å². The van der Waals surface area contributed by atoms with E-state index in [0.717, 1.165) is 0 Å². The Balaban J connectivity index is 2.70. The van der Waals surface area contributed by atoms with Gasteiger partial charge in [-0.25, -0.2) is 4.98 Å². The normalized spacial score (nSPS) is 10.3. The van der Waals surface area contributed by atoms with Gasteiger partial charge < -0.3 is 4.98 Å². The molecule has 0 spiro atoms. The lowest BCUT2D eigenvalue weighted by atomic mass is 10.1. The number of rotatable bonds is 2. The van der Waals surface area contributed by atoms with Crippen molar-refractivity contribution in [1.82, 2.24) is 9.97 Å². The lowest BCUT2D eigenvalue weighted by molar-refractivity contribution is -0.384. The summed E-state index contributed by atoms with van der Waals surface area (Å²) in [4.78, 5) is 28.8. The van der Waals surface area contributed by atoms with E-state index in [-0.39, 0.29) is 17.1 Å². The zero-order valence-electron chi connectivity index (χ0n) is 9.93. The Labute approximate surface area is 102 Å². The summed E-state index contributed by atoms with van der Waals surface area (Å²) < 4.78 is 0. The molecule has 0 saturated heterocycles. The van der Waals surface area contributed by atoms with Gasteiger partial charge in [0.25, 0.3) is 11.2 Å². The molecule has 0 aliphatic heterocycles. The smallest absolute Gasteiger partial charge is 0.280 e. The second kappa shape index (κ2) is 4.40. The third-order valence-electron chi connectivity index (χ3n) is 2.75. The van der Waals surface area contributed by atoms with Crippen LogP contribution in [0.5, 0.6) is 0 Å².